The highest BCUT2D eigenvalue weighted by atomic mass is 16.2. The number of carbonyl (C=O) groups excluding carboxylic acids is 1. The summed E-state index contributed by atoms with van der Waals surface area (Å²) in [6.45, 7) is 3.50. The van der Waals surface area contributed by atoms with E-state index in [1.807, 2.05) is 11.0 Å². The van der Waals surface area contributed by atoms with Gasteiger partial charge < -0.3 is 15.5 Å². The van der Waals surface area contributed by atoms with Gasteiger partial charge in [-0.05, 0) is 12.5 Å². The number of nitrogens with zero attached hydrogens (tertiary/aromatic N) is 4. The molecular weight excluding hydrogens is 230 g/mol. The molecule has 0 aliphatic rings. The predicted molar refractivity (Wildman–Crippen MR) is 71.1 cm³/mol. The molecule has 1 amide bonds. The van der Waals surface area contributed by atoms with Gasteiger partial charge in [-0.3, -0.25) is 4.79 Å². The predicted octanol–water partition coefficient (Wildman–Crippen LogP) is 0.240. The fourth-order valence-electron chi connectivity index (χ4n) is 1.61. The normalized spacial score (nSPS) is 10.2. The summed E-state index contributed by atoms with van der Waals surface area (Å²) < 4.78 is 0. The van der Waals surface area contributed by atoms with Crippen LogP contribution >= 0.6 is 0 Å². The van der Waals surface area contributed by atoms with Gasteiger partial charge in [0.1, 0.15) is 0 Å². The Bertz CT molecular complexity index is 394. The summed E-state index contributed by atoms with van der Waals surface area (Å²) in [5.74, 6) is 0.745. The molecule has 1 aromatic rings. The Morgan fingerprint density at radius 2 is 2.17 bits per heavy atom. The lowest BCUT2D eigenvalue weighted by molar-refractivity contribution is -0.127. The second kappa shape index (κ2) is 6.90. The zero-order valence-corrected chi connectivity index (χ0v) is 11.3. The van der Waals surface area contributed by atoms with Gasteiger partial charge in [0, 0.05) is 32.7 Å². The molecule has 0 radical (unpaired) electrons. The second-order valence-corrected chi connectivity index (χ2v) is 4.29. The van der Waals surface area contributed by atoms with Crippen molar-refractivity contribution in [1.29, 1.82) is 0 Å². The molecule has 2 N–H and O–H groups in total. The maximum absolute atomic E-state index is 11.8. The molecule has 0 atom stereocenters. The van der Waals surface area contributed by atoms with E-state index in [0.717, 1.165) is 18.5 Å². The zero-order chi connectivity index (χ0) is 13.5. The quantitative estimate of drug-likeness (QED) is 0.784. The third-order valence-electron chi connectivity index (χ3n) is 2.62. The van der Waals surface area contributed by atoms with Crippen molar-refractivity contribution < 1.29 is 4.79 Å². The van der Waals surface area contributed by atoms with E-state index in [1.54, 1.807) is 25.2 Å². The molecular formula is C12H21N5O. The first-order valence-corrected chi connectivity index (χ1v) is 6.05. The Hall–Kier alpha value is -1.69. The Morgan fingerprint density at radius 1 is 1.44 bits per heavy atom. The van der Waals surface area contributed by atoms with Crippen LogP contribution in [0.4, 0.5) is 5.82 Å². The van der Waals surface area contributed by atoms with E-state index in [0.29, 0.717) is 18.9 Å². The number of anilines is 1. The highest BCUT2D eigenvalue weighted by Gasteiger charge is 2.16. The SMILES string of the molecule is CCCN(CC(=O)N(C)C)c1nnccc1CN. The molecule has 0 fully saturated rings. The second-order valence-electron chi connectivity index (χ2n) is 4.29. The average molecular weight is 251 g/mol. The molecule has 6 heteroatoms. The third-order valence-corrected chi connectivity index (χ3v) is 2.62. The topological polar surface area (TPSA) is 75.4 Å². The number of rotatable bonds is 6. The van der Waals surface area contributed by atoms with Crippen LogP contribution in [0.1, 0.15) is 18.9 Å². The first kappa shape index (κ1) is 14.4. The largest absolute Gasteiger partial charge is 0.347 e. The van der Waals surface area contributed by atoms with Crippen molar-refractivity contribution in [2.24, 2.45) is 5.73 Å². The fraction of sp³-hybridized carbons (Fsp3) is 0.583. The molecule has 6 nitrogen and oxygen atoms in total. The highest BCUT2D eigenvalue weighted by molar-refractivity contribution is 5.80. The van der Waals surface area contributed by atoms with Crippen molar-refractivity contribution in [3.05, 3.63) is 17.8 Å². The van der Waals surface area contributed by atoms with Gasteiger partial charge in [0.25, 0.3) is 0 Å². The van der Waals surface area contributed by atoms with E-state index in [2.05, 4.69) is 17.1 Å². The summed E-state index contributed by atoms with van der Waals surface area (Å²) in [7, 11) is 3.49. The lowest BCUT2D eigenvalue weighted by Crippen LogP contribution is -2.38. The summed E-state index contributed by atoms with van der Waals surface area (Å²) >= 11 is 0. The van der Waals surface area contributed by atoms with E-state index >= 15 is 0 Å². The van der Waals surface area contributed by atoms with E-state index in [1.165, 1.54) is 0 Å². The number of hydrogen-bond acceptors (Lipinski definition) is 5. The average Bonchev–Trinajstić information content (AvgIpc) is 2.38. The van der Waals surface area contributed by atoms with Gasteiger partial charge in [0.15, 0.2) is 5.82 Å². The number of likely N-dealkylation sites (N-methyl/N-ethyl adjacent to an activating group) is 1. The van der Waals surface area contributed by atoms with Gasteiger partial charge >= 0.3 is 0 Å². The van der Waals surface area contributed by atoms with Gasteiger partial charge in [0.2, 0.25) is 5.91 Å². The summed E-state index contributed by atoms with van der Waals surface area (Å²) in [5.41, 5.74) is 6.59. The lowest BCUT2D eigenvalue weighted by atomic mass is 10.2. The van der Waals surface area contributed by atoms with Crippen LogP contribution in [0, 0.1) is 0 Å². The first-order valence-electron chi connectivity index (χ1n) is 6.05. The Kier molecular flexibility index (Phi) is 5.51. The van der Waals surface area contributed by atoms with Crippen molar-refractivity contribution in [1.82, 2.24) is 15.1 Å². The van der Waals surface area contributed by atoms with Crippen LogP contribution in [0.3, 0.4) is 0 Å². The van der Waals surface area contributed by atoms with E-state index in [9.17, 15) is 4.79 Å². The number of aromatic nitrogens is 2. The van der Waals surface area contributed by atoms with Gasteiger partial charge in [-0.1, -0.05) is 6.92 Å². The van der Waals surface area contributed by atoms with Crippen LogP contribution in [0.2, 0.25) is 0 Å². The van der Waals surface area contributed by atoms with E-state index in [-0.39, 0.29) is 5.91 Å². The maximum Gasteiger partial charge on any atom is 0.241 e. The molecule has 100 valence electrons. The van der Waals surface area contributed by atoms with Crippen molar-refractivity contribution in [2.75, 3.05) is 32.1 Å². The summed E-state index contributed by atoms with van der Waals surface area (Å²) in [4.78, 5) is 15.3. The molecule has 0 aromatic carbocycles. The molecule has 1 heterocycles. The molecule has 1 rings (SSSR count). The minimum atomic E-state index is 0.0390. The van der Waals surface area contributed by atoms with Crippen LogP contribution in [0.15, 0.2) is 12.3 Å². The van der Waals surface area contributed by atoms with Crippen LogP contribution in [-0.4, -0.2) is 48.2 Å². The Labute approximate surface area is 108 Å². The number of hydrogen-bond donors (Lipinski definition) is 1. The number of amides is 1. The molecule has 0 saturated heterocycles. The van der Waals surface area contributed by atoms with Crippen LogP contribution in [0.25, 0.3) is 0 Å². The van der Waals surface area contributed by atoms with Crippen molar-refractivity contribution >= 4 is 11.7 Å². The summed E-state index contributed by atoms with van der Waals surface area (Å²) in [6, 6.07) is 1.84. The molecule has 0 unspecified atom stereocenters. The fourth-order valence-corrected chi connectivity index (χ4v) is 1.61. The molecule has 0 saturated carbocycles. The molecule has 0 aliphatic carbocycles. The van der Waals surface area contributed by atoms with E-state index < -0.39 is 0 Å². The van der Waals surface area contributed by atoms with Crippen molar-refractivity contribution in [3.63, 3.8) is 0 Å². The molecule has 0 spiro atoms. The lowest BCUT2D eigenvalue weighted by Gasteiger charge is -2.25. The van der Waals surface area contributed by atoms with E-state index in [4.69, 9.17) is 5.73 Å². The Morgan fingerprint density at radius 3 is 2.72 bits per heavy atom. The van der Waals surface area contributed by atoms with Crippen LogP contribution < -0.4 is 10.6 Å². The number of nitrogens with two attached hydrogens (primary N) is 1. The molecule has 18 heavy (non-hydrogen) atoms. The maximum atomic E-state index is 11.8. The molecule has 0 bridgehead atoms. The monoisotopic (exact) mass is 251 g/mol. The molecule has 1 aromatic heterocycles. The van der Waals surface area contributed by atoms with Crippen LogP contribution in [-0.2, 0) is 11.3 Å². The standard InChI is InChI=1S/C12H21N5O/c1-4-7-17(9-11(18)16(2)3)12-10(8-13)5-6-14-15-12/h5-6H,4,7-9,13H2,1-3H3. The summed E-state index contributed by atoms with van der Waals surface area (Å²) in [5, 5.41) is 7.98. The molecule has 0 aliphatic heterocycles. The van der Waals surface area contributed by atoms with Gasteiger partial charge in [-0.2, -0.15) is 5.10 Å². The first-order chi connectivity index (χ1) is 8.60. The smallest absolute Gasteiger partial charge is 0.241 e. The van der Waals surface area contributed by atoms with Crippen molar-refractivity contribution in [3.8, 4) is 0 Å². The highest BCUT2D eigenvalue weighted by Crippen LogP contribution is 2.15. The zero-order valence-electron chi connectivity index (χ0n) is 11.3. The van der Waals surface area contributed by atoms with Gasteiger partial charge in [0.05, 0.1) is 12.7 Å². The van der Waals surface area contributed by atoms with Gasteiger partial charge in [-0.25, -0.2) is 0 Å². The Balaban J connectivity index is 2.93. The van der Waals surface area contributed by atoms with Crippen LogP contribution in [0.5, 0.6) is 0 Å². The summed E-state index contributed by atoms with van der Waals surface area (Å²) in [6.07, 6.45) is 2.55. The van der Waals surface area contributed by atoms with Gasteiger partial charge in [-0.15, -0.1) is 5.10 Å². The number of carbonyl (C=O) groups is 1. The third kappa shape index (κ3) is 3.66. The minimum Gasteiger partial charge on any atom is -0.347 e. The minimum absolute atomic E-state index is 0.0390. The van der Waals surface area contributed by atoms with Crippen molar-refractivity contribution in [2.45, 2.75) is 19.9 Å².